The van der Waals surface area contributed by atoms with Crippen LogP contribution in [-0.4, -0.2) is 27.2 Å². The zero-order valence-corrected chi connectivity index (χ0v) is 14.1. The molecule has 0 aliphatic heterocycles. The van der Waals surface area contributed by atoms with Crippen molar-refractivity contribution < 1.29 is 18.3 Å². The zero-order chi connectivity index (χ0) is 16.3. The summed E-state index contributed by atoms with van der Waals surface area (Å²) in [5.74, 6) is 0.579. The Hall–Kier alpha value is -1.11. The van der Waals surface area contributed by atoms with E-state index in [1.165, 1.54) is 19.2 Å². The van der Waals surface area contributed by atoms with Crippen LogP contribution in [0.25, 0.3) is 0 Å². The van der Waals surface area contributed by atoms with E-state index in [1.807, 2.05) is 13.8 Å². The van der Waals surface area contributed by atoms with Crippen LogP contribution in [0, 0.1) is 11.3 Å². The monoisotopic (exact) mass is 315 g/mol. The number of sulfonamides is 1. The van der Waals surface area contributed by atoms with Crippen molar-refractivity contribution in [3.63, 3.8) is 0 Å². The Balaban J connectivity index is 3.03. The first-order valence-electron chi connectivity index (χ1n) is 6.91. The van der Waals surface area contributed by atoms with Gasteiger partial charge in [-0.05, 0) is 29.0 Å². The van der Waals surface area contributed by atoms with Gasteiger partial charge in [-0.2, -0.15) is 0 Å². The Bertz CT molecular complexity index is 579. The third-order valence-corrected chi connectivity index (χ3v) is 5.42. The van der Waals surface area contributed by atoms with Crippen LogP contribution in [-0.2, 0) is 16.6 Å². The molecule has 1 aromatic rings. The van der Waals surface area contributed by atoms with Gasteiger partial charge in [0.25, 0.3) is 0 Å². The highest BCUT2D eigenvalue weighted by atomic mass is 32.2. The van der Waals surface area contributed by atoms with Crippen molar-refractivity contribution in [3.8, 4) is 5.75 Å². The fraction of sp³-hybridized carbons (Fsp3) is 0.600. The number of nitrogens with one attached hydrogen (secondary N) is 1. The summed E-state index contributed by atoms with van der Waals surface area (Å²) in [6, 6.07) is 4.56. The molecule has 0 amide bonds. The lowest BCUT2D eigenvalue weighted by Gasteiger charge is -2.29. The predicted octanol–water partition coefficient (Wildman–Crippen LogP) is 2.15. The Morgan fingerprint density at radius 1 is 1.33 bits per heavy atom. The van der Waals surface area contributed by atoms with Crippen molar-refractivity contribution in [1.29, 1.82) is 0 Å². The van der Waals surface area contributed by atoms with E-state index in [9.17, 15) is 8.42 Å². The minimum atomic E-state index is -3.65. The standard InChI is InChI=1S/C15H25NO4S/c1-11(2)15(3,4)10-16-21(18,19)14-7-6-12(9-17)8-13(14)20-5/h6-8,11,16-17H,9-10H2,1-5H3. The number of methoxy groups -OCH3 is 1. The third kappa shape index (κ3) is 4.43. The van der Waals surface area contributed by atoms with E-state index < -0.39 is 10.0 Å². The molecule has 1 aromatic carbocycles. The van der Waals surface area contributed by atoms with E-state index >= 15 is 0 Å². The lowest BCUT2D eigenvalue weighted by Crippen LogP contribution is -2.37. The highest BCUT2D eigenvalue weighted by Gasteiger charge is 2.27. The van der Waals surface area contributed by atoms with Crippen LogP contribution in [0.15, 0.2) is 23.1 Å². The molecule has 0 radical (unpaired) electrons. The quantitative estimate of drug-likeness (QED) is 0.808. The number of hydrogen-bond donors (Lipinski definition) is 2. The van der Waals surface area contributed by atoms with Crippen LogP contribution in [0.3, 0.4) is 0 Å². The van der Waals surface area contributed by atoms with E-state index in [2.05, 4.69) is 18.6 Å². The second kappa shape index (κ2) is 6.77. The zero-order valence-electron chi connectivity index (χ0n) is 13.3. The minimum Gasteiger partial charge on any atom is -0.495 e. The van der Waals surface area contributed by atoms with E-state index in [1.54, 1.807) is 6.07 Å². The Morgan fingerprint density at radius 3 is 2.43 bits per heavy atom. The summed E-state index contributed by atoms with van der Waals surface area (Å²) >= 11 is 0. The minimum absolute atomic E-state index is 0.0850. The van der Waals surface area contributed by atoms with Gasteiger partial charge in [0.2, 0.25) is 10.0 Å². The van der Waals surface area contributed by atoms with Crippen molar-refractivity contribution in [2.45, 2.75) is 39.2 Å². The molecule has 0 saturated heterocycles. The summed E-state index contributed by atoms with van der Waals surface area (Å²) in [6.45, 7) is 8.34. The largest absolute Gasteiger partial charge is 0.495 e. The lowest BCUT2D eigenvalue weighted by molar-refractivity contribution is 0.252. The van der Waals surface area contributed by atoms with Gasteiger partial charge in [0.15, 0.2) is 0 Å². The summed E-state index contributed by atoms with van der Waals surface area (Å²) in [7, 11) is -2.24. The van der Waals surface area contributed by atoms with Gasteiger partial charge in [0.1, 0.15) is 10.6 Å². The molecule has 0 fully saturated rings. The first kappa shape index (κ1) is 17.9. The molecule has 0 aliphatic carbocycles. The maximum atomic E-state index is 12.4. The molecule has 0 bridgehead atoms. The van der Waals surface area contributed by atoms with Crippen LogP contribution >= 0.6 is 0 Å². The first-order chi connectivity index (χ1) is 9.64. The molecule has 6 heteroatoms. The molecule has 0 spiro atoms. The highest BCUT2D eigenvalue weighted by molar-refractivity contribution is 7.89. The average Bonchev–Trinajstić information content (AvgIpc) is 2.44. The van der Waals surface area contributed by atoms with Gasteiger partial charge >= 0.3 is 0 Å². The van der Waals surface area contributed by atoms with Crippen LogP contribution in [0.1, 0.15) is 33.3 Å². The topological polar surface area (TPSA) is 75.6 Å². The summed E-state index contributed by atoms with van der Waals surface area (Å²) in [5.41, 5.74) is 0.457. The first-order valence-corrected chi connectivity index (χ1v) is 8.40. The number of ether oxygens (including phenoxy) is 1. The van der Waals surface area contributed by atoms with Gasteiger partial charge in [0.05, 0.1) is 13.7 Å². The maximum absolute atomic E-state index is 12.4. The average molecular weight is 315 g/mol. The van der Waals surface area contributed by atoms with Crippen molar-refractivity contribution >= 4 is 10.0 Å². The van der Waals surface area contributed by atoms with Gasteiger partial charge in [-0.3, -0.25) is 0 Å². The van der Waals surface area contributed by atoms with Crippen LogP contribution in [0.5, 0.6) is 5.75 Å². The van der Waals surface area contributed by atoms with Gasteiger partial charge < -0.3 is 9.84 Å². The fourth-order valence-electron chi connectivity index (χ4n) is 1.60. The molecule has 1 rings (SSSR count). The molecule has 5 nitrogen and oxygen atoms in total. The molecular weight excluding hydrogens is 290 g/mol. The lowest BCUT2D eigenvalue weighted by atomic mass is 9.81. The van der Waals surface area contributed by atoms with E-state index in [4.69, 9.17) is 9.84 Å². The molecule has 0 unspecified atom stereocenters. The summed E-state index contributed by atoms with van der Waals surface area (Å²) in [6.07, 6.45) is 0. The van der Waals surface area contributed by atoms with Gasteiger partial charge in [-0.25, -0.2) is 13.1 Å². The molecule has 0 heterocycles. The highest BCUT2D eigenvalue weighted by Crippen LogP contribution is 2.28. The van der Waals surface area contributed by atoms with Crippen molar-refractivity contribution in [2.24, 2.45) is 11.3 Å². The molecule has 0 aliphatic rings. The summed E-state index contributed by atoms with van der Waals surface area (Å²) < 4.78 is 32.6. The number of aliphatic hydroxyl groups is 1. The Kier molecular flexibility index (Phi) is 5.78. The van der Waals surface area contributed by atoms with E-state index in [0.717, 1.165) is 0 Å². The van der Waals surface area contributed by atoms with E-state index in [0.29, 0.717) is 18.0 Å². The smallest absolute Gasteiger partial charge is 0.244 e. The van der Waals surface area contributed by atoms with Gasteiger partial charge in [0, 0.05) is 6.54 Å². The van der Waals surface area contributed by atoms with Crippen LogP contribution < -0.4 is 9.46 Å². The van der Waals surface area contributed by atoms with Crippen LogP contribution in [0.2, 0.25) is 0 Å². The maximum Gasteiger partial charge on any atom is 0.244 e. The normalized spacial score (nSPS) is 12.7. The number of benzene rings is 1. The summed E-state index contributed by atoms with van der Waals surface area (Å²) in [4.78, 5) is 0.0850. The molecular formula is C15H25NO4S. The molecule has 21 heavy (non-hydrogen) atoms. The molecule has 0 saturated carbocycles. The van der Waals surface area contributed by atoms with Crippen LogP contribution in [0.4, 0.5) is 0 Å². The van der Waals surface area contributed by atoms with Crippen molar-refractivity contribution in [2.75, 3.05) is 13.7 Å². The van der Waals surface area contributed by atoms with E-state index in [-0.39, 0.29) is 22.7 Å². The van der Waals surface area contributed by atoms with Gasteiger partial charge in [-0.15, -0.1) is 0 Å². The number of rotatable bonds is 7. The third-order valence-electron chi connectivity index (χ3n) is 3.98. The second-order valence-electron chi connectivity index (χ2n) is 6.11. The number of hydrogen-bond acceptors (Lipinski definition) is 4. The van der Waals surface area contributed by atoms with Crippen molar-refractivity contribution in [3.05, 3.63) is 23.8 Å². The predicted molar refractivity (Wildman–Crippen MR) is 82.7 cm³/mol. The van der Waals surface area contributed by atoms with Crippen molar-refractivity contribution in [1.82, 2.24) is 4.72 Å². The molecule has 120 valence electrons. The SMILES string of the molecule is COc1cc(CO)ccc1S(=O)(=O)NCC(C)(C)C(C)C. The second-order valence-corrected chi connectivity index (χ2v) is 7.85. The molecule has 0 atom stereocenters. The fourth-order valence-corrected chi connectivity index (χ4v) is 2.97. The Morgan fingerprint density at radius 2 is 1.95 bits per heavy atom. The Labute approximate surface area is 127 Å². The summed E-state index contributed by atoms with van der Waals surface area (Å²) in [5, 5.41) is 9.10. The number of aliphatic hydroxyl groups excluding tert-OH is 1. The molecule has 2 N–H and O–H groups in total. The van der Waals surface area contributed by atoms with Gasteiger partial charge in [-0.1, -0.05) is 33.8 Å². The molecule has 0 aromatic heterocycles.